The number of hydrogen-bond donors (Lipinski definition) is 0. The zero-order chi connectivity index (χ0) is 17.1. The molecule has 0 N–H and O–H groups in total. The Morgan fingerprint density at radius 3 is 2.83 bits per heavy atom. The molecule has 24 heavy (non-hydrogen) atoms. The number of nitro groups is 1. The van der Waals surface area contributed by atoms with Crippen LogP contribution in [0, 0.1) is 10.1 Å². The van der Waals surface area contributed by atoms with E-state index in [1.165, 1.54) is 11.1 Å². The Labute approximate surface area is 143 Å². The van der Waals surface area contributed by atoms with E-state index in [9.17, 15) is 10.1 Å². The normalized spacial score (nSPS) is 11.1. The number of fused-ring (bicyclic) bond motifs is 1. The van der Waals surface area contributed by atoms with Crippen LogP contribution in [0.5, 0.6) is 0 Å². The van der Waals surface area contributed by atoms with Crippen molar-refractivity contribution in [2.45, 2.75) is 0 Å². The van der Waals surface area contributed by atoms with Crippen LogP contribution >= 0.6 is 11.6 Å². The maximum atomic E-state index is 11.2. The predicted molar refractivity (Wildman–Crippen MR) is 95.8 cm³/mol. The lowest BCUT2D eigenvalue weighted by molar-refractivity contribution is -0.384. The molecule has 3 aromatic rings. The monoisotopic (exact) mass is 340 g/mol. The third-order valence-electron chi connectivity index (χ3n) is 3.52. The van der Waals surface area contributed by atoms with E-state index in [1.54, 1.807) is 31.6 Å². The first-order chi connectivity index (χ1) is 11.6. The average molecular weight is 341 g/mol. The van der Waals surface area contributed by atoms with Crippen LogP contribution in [0.25, 0.3) is 10.9 Å². The Hall–Kier alpha value is -2.99. The molecule has 7 heteroatoms. The van der Waals surface area contributed by atoms with E-state index in [0.29, 0.717) is 10.7 Å². The molecule has 0 aliphatic heterocycles. The van der Waals surface area contributed by atoms with Gasteiger partial charge in [0.05, 0.1) is 16.7 Å². The molecule has 0 aliphatic carbocycles. The van der Waals surface area contributed by atoms with Gasteiger partial charge in [-0.3, -0.25) is 20.1 Å². The number of hydrazone groups is 1. The highest BCUT2D eigenvalue weighted by molar-refractivity contribution is 6.30. The molecule has 0 bridgehead atoms. The SMILES string of the molecule is CN(/N=C/c1cccc2cccnc12)c1ccc(Cl)cc1[N+](=O)[O-]. The number of nitro benzene ring substituents is 1. The number of hydrogen-bond acceptors (Lipinski definition) is 5. The molecule has 120 valence electrons. The second-order valence-corrected chi connectivity index (χ2v) is 5.52. The highest BCUT2D eigenvalue weighted by Gasteiger charge is 2.17. The fourth-order valence-electron chi connectivity index (χ4n) is 2.36. The standard InChI is InChI=1S/C17H13ClN4O2/c1-21(15-8-7-14(18)10-16(15)22(23)24)20-11-13-5-2-4-12-6-3-9-19-17(12)13/h2-11H,1H3/b20-11+. The van der Waals surface area contributed by atoms with E-state index in [4.69, 9.17) is 11.6 Å². The van der Waals surface area contributed by atoms with Crippen molar-refractivity contribution in [3.8, 4) is 0 Å². The lowest BCUT2D eigenvalue weighted by Crippen LogP contribution is -2.11. The highest BCUT2D eigenvalue weighted by atomic mass is 35.5. The fraction of sp³-hybridized carbons (Fsp3) is 0.0588. The Balaban J connectivity index is 1.96. The van der Waals surface area contributed by atoms with E-state index in [0.717, 1.165) is 16.5 Å². The summed E-state index contributed by atoms with van der Waals surface area (Å²) >= 11 is 5.83. The first-order valence-electron chi connectivity index (χ1n) is 7.11. The van der Waals surface area contributed by atoms with Crippen LogP contribution in [0.4, 0.5) is 11.4 Å². The van der Waals surface area contributed by atoms with Gasteiger partial charge in [-0.2, -0.15) is 5.10 Å². The maximum Gasteiger partial charge on any atom is 0.295 e. The van der Waals surface area contributed by atoms with E-state index in [1.807, 2.05) is 30.3 Å². The molecule has 1 aromatic heterocycles. The van der Waals surface area contributed by atoms with Gasteiger partial charge in [0.2, 0.25) is 0 Å². The number of aromatic nitrogens is 1. The Kier molecular flexibility index (Phi) is 4.39. The average Bonchev–Trinajstić information content (AvgIpc) is 2.59. The minimum Gasteiger partial charge on any atom is -0.262 e. The van der Waals surface area contributed by atoms with Crippen molar-refractivity contribution in [2.24, 2.45) is 5.10 Å². The number of halogens is 1. The third kappa shape index (κ3) is 3.18. The van der Waals surface area contributed by atoms with Crippen LogP contribution in [0.2, 0.25) is 5.02 Å². The van der Waals surface area contributed by atoms with E-state index in [-0.39, 0.29) is 5.69 Å². The van der Waals surface area contributed by atoms with Gasteiger partial charge in [0.15, 0.2) is 0 Å². The Morgan fingerprint density at radius 1 is 1.25 bits per heavy atom. The molecule has 3 rings (SSSR count). The molecule has 0 atom stereocenters. The second-order valence-electron chi connectivity index (χ2n) is 5.08. The minimum atomic E-state index is -0.479. The molecule has 0 saturated heterocycles. The minimum absolute atomic E-state index is 0.0989. The van der Waals surface area contributed by atoms with Crippen LogP contribution in [0.1, 0.15) is 5.56 Å². The summed E-state index contributed by atoms with van der Waals surface area (Å²) in [7, 11) is 1.64. The predicted octanol–water partition coefficient (Wildman–Crippen LogP) is 4.27. The lowest BCUT2D eigenvalue weighted by atomic mass is 10.1. The molecule has 2 aromatic carbocycles. The molecule has 0 fully saturated rings. The Bertz CT molecular complexity index is 938. The number of para-hydroxylation sites is 1. The van der Waals surface area contributed by atoms with E-state index in [2.05, 4.69) is 10.1 Å². The van der Waals surface area contributed by atoms with Gasteiger partial charge in [-0.1, -0.05) is 35.9 Å². The lowest BCUT2D eigenvalue weighted by Gasteiger charge is -2.13. The van der Waals surface area contributed by atoms with Crippen molar-refractivity contribution >= 4 is 40.1 Å². The molecule has 0 amide bonds. The summed E-state index contributed by atoms with van der Waals surface area (Å²) in [6.45, 7) is 0. The van der Waals surface area contributed by atoms with Crippen molar-refractivity contribution in [3.05, 3.63) is 75.4 Å². The number of anilines is 1. The summed E-state index contributed by atoms with van der Waals surface area (Å²) < 4.78 is 0. The van der Waals surface area contributed by atoms with Crippen molar-refractivity contribution in [2.75, 3.05) is 12.1 Å². The zero-order valence-electron chi connectivity index (χ0n) is 12.8. The third-order valence-corrected chi connectivity index (χ3v) is 3.75. The van der Waals surface area contributed by atoms with Gasteiger partial charge in [0, 0.05) is 35.3 Å². The van der Waals surface area contributed by atoms with Crippen LogP contribution in [-0.2, 0) is 0 Å². The first-order valence-corrected chi connectivity index (χ1v) is 7.49. The quantitative estimate of drug-likeness (QED) is 0.404. The largest absolute Gasteiger partial charge is 0.295 e. The van der Waals surface area contributed by atoms with Gasteiger partial charge in [-0.25, -0.2) is 0 Å². The van der Waals surface area contributed by atoms with Crippen molar-refractivity contribution in [3.63, 3.8) is 0 Å². The fourth-order valence-corrected chi connectivity index (χ4v) is 2.53. The molecule has 0 unspecified atom stereocenters. The first kappa shape index (κ1) is 15.9. The van der Waals surface area contributed by atoms with Gasteiger partial charge < -0.3 is 0 Å². The number of nitrogens with zero attached hydrogens (tertiary/aromatic N) is 4. The molecule has 1 heterocycles. The van der Waals surface area contributed by atoms with E-state index < -0.39 is 4.92 Å². The molecule has 0 radical (unpaired) electrons. The van der Waals surface area contributed by atoms with Crippen molar-refractivity contribution in [1.29, 1.82) is 0 Å². The van der Waals surface area contributed by atoms with Gasteiger partial charge in [-0.15, -0.1) is 0 Å². The summed E-state index contributed by atoms with van der Waals surface area (Å²) in [5.41, 5.74) is 1.91. The summed E-state index contributed by atoms with van der Waals surface area (Å²) in [6, 6.07) is 14.1. The van der Waals surface area contributed by atoms with Crippen molar-refractivity contribution < 1.29 is 4.92 Å². The van der Waals surface area contributed by atoms with Gasteiger partial charge in [0.25, 0.3) is 5.69 Å². The van der Waals surface area contributed by atoms with Crippen LogP contribution < -0.4 is 5.01 Å². The van der Waals surface area contributed by atoms with Gasteiger partial charge in [0.1, 0.15) is 5.69 Å². The Morgan fingerprint density at radius 2 is 2.04 bits per heavy atom. The summed E-state index contributed by atoms with van der Waals surface area (Å²) in [5, 5.41) is 18.2. The smallest absolute Gasteiger partial charge is 0.262 e. The molecule has 0 saturated carbocycles. The summed E-state index contributed by atoms with van der Waals surface area (Å²) in [4.78, 5) is 15.1. The summed E-state index contributed by atoms with van der Waals surface area (Å²) in [6.07, 6.45) is 3.35. The van der Waals surface area contributed by atoms with Crippen molar-refractivity contribution in [1.82, 2.24) is 4.98 Å². The van der Waals surface area contributed by atoms with Crippen LogP contribution in [0.3, 0.4) is 0 Å². The second kappa shape index (κ2) is 6.64. The molecule has 0 spiro atoms. The molecular formula is C17H13ClN4O2. The van der Waals surface area contributed by atoms with Gasteiger partial charge >= 0.3 is 0 Å². The topological polar surface area (TPSA) is 71.6 Å². The highest BCUT2D eigenvalue weighted by Crippen LogP contribution is 2.30. The zero-order valence-corrected chi connectivity index (χ0v) is 13.5. The molecule has 0 aliphatic rings. The number of benzene rings is 2. The number of pyridine rings is 1. The molecular weight excluding hydrogens is 328 g/mol. The van der Waals surface area contributed by atoms with E-state index >= 15 is 0 Å². The maximum absolute atomic E-state index is 11.2. The van der Waals surface area contributed by atoms with Crippen LogP contribution in [0.15, 0.2) is 59.8 Å². The number of rotatable bonds is 4. The molecule has 6 nitrogen and oxygen atoms in total. The van der Waals surface area contributed by atoms with Gasteiger partial charge in [-0.05, 0) is 18.2 Å². The van der Waals surface area contributed by atoms with Crippen LogP contribution in [-0.4, -0.2) is 23.2 Å². The summed E-state index contributed by atoms with van der Waals surface area (Å²) in [5.74, 6) is 0.